The van der Waals surface area contributed by atoms with Crippen LogP contribution in [0.25, 0.3) is 11.1 Å². The third-order valence-corrected chi connectivity index (χ3v) is 8.63. The number of ether oxygens (including phenoxy) is 2. The number of aryl methyl sites for hydroxylation is 3. The molecule has 1 heterocycles. The van der Waals surface area contributed by atoms with Crippen molar-refractivity contribution in [3.63, 3.8) is 0 Å². The molecule has 0 radical (unpaired) electrons. The lowest BCUT2D eigenvalue weighted by Crippen LogP contribution is -2.45. The maximum absolute atomic E-state index is 12.9. The molecular formula is C40H46N4O6. The SMILES string of the molecule is Cc1nc(CCC(=O)N[C@@H](Cc2ccccc2)C(=O)OC(C)(C)C)c(=O)[nH]c1CCCCNC(=O)OCC1c2ccccc2-c2ccccc21. The van der Waals surface area contributed by atoms with Crippen LogP contribution in [0.1, 0.15) is 79.7 Å². The van der Waals surface area contributed by atoms with Crippen LogP contribution in [0.3, 0.4) is 0 Å². The Hall–Kier alpha value is -5.25. The summed E-state index contributed by atoms with van der Waals surface area (Å²) in [6.07, 6.45) is 1.94. The number of H-pyrrole nitrogens is 1. The van der Waals surface area contributed by atoms with Crippen LogP contribution in [-0.2, 0) is 38.3 Å². The molecule has 0 spiro atoms. The van der Waals surface area contributed by atoms with Crippen molar-refractivity contribution in [1.82, 2.24) is 20.6 Å². The van der Waals surface area contributed by atoms with Crippen LogP contribution >= 0.6 is 0 Å². The van der Waals surface area contributed by atoms with Gasteiger partial charge >= 0.3 is 12.1 Å². The van der Waals surface area contributed by atoms with E-state index in [2.05, 4.69) is 44.9 Å². The Morgan fingerprint density at radius 2 is 1.52 bits per heavy atom. The highest BCUT2D eigenvalue weighted by Gasteiger charge is 2.29. The van der Waals surface area contributed by atoms with Gasteiger partial charge in [-0.1, -0.05) is 78.9 Å². The lowest BCUT2D eigenvalue weighted by Gasteiger charge is -2.24. The standard InChI is InChI=1S/C40H46N4O6/c1-26-33(20-12-13-23-41-39(48)49-25-32-30-18-10-8-16-28(30)29-17-9-11-19-31(29)32)44-37(46)34(42-26)21-22-36(45)43-35(38(47)50-40(2,3)4)24-27-14-6-5-7-15-27/h5-11,14-19,32,35H,12-13,20-25H2,1-4H3,(H,41,48)(H,43,45)(H,44,46)/t35-/m0/s1. The highest BCUT2D eigenvalue weighted by atomic mass is 16.6. The van der Waals surface area contributed by atoms with E-state index in [1.165, 1.54) is 22.3 Å². The maximum Gasteiger partial charge on any atom is 0.407 e. The topological polar surface area (TPSA) is 139 Å². The Morgan fingerprint density at radius 3 is 2.18 bits per heavy atom. The highest BCUT2D eigenvalue weighted by molar-refractivity contribution is 5.85. The number of unbranched alkanes of at least 4 members (excludes halogenated alkanes) is 1. The molecule has 4 aromatic rings. The number of amides is 2. The van der Waals surface area contributed by atoms with Gasteiger partial charge in [0.25, 0.3) is 5.56 Å². The number of carbonyl (C=O) groups is 3. The maximum atomic E-state index is 12.9. The summed E-state index contributed by atoms with van der Waals surface area (Å²) in [6, 6.07) is 25.0. The summed E-state index contributed by atoms with van der Waals surface area (Å²) in [7, 11) is 0. The Balaban J connectivity index is 1.05. The molecule has 262 valence electrons. The molecule has 0 saturated heterocycles. The molecule has 0 aliphatic heterocycles. The molecule has 3 N–H and O–H groups in total. The third-order valence-electron chi connectivity index (χ3n) is 8.63. The van der Waals surface area contributed by atoms with E-state index in [1.54, 1.807) is 20.8 Å². The number of nitrogens with zero attached hydrogens (tertiary/aromatic N) is 1. The molecule has 1 aliphatic carbocycles. The number of carbonyl (C=O) groups excluding carboxylic acids is 3. The van der Waals surface area contributed by atoms with Gasteiger partial charge in [0.1, 0.15) is 23.9 Å². The van der Waals surface area contributed by atoms with E-state index in [-0.39, 0.29) is 48.9 Å². The van der Waals surface area contributed by atoms with Crippen molar-refractivity contribution in [3.8, 4) is 11.1 Å². The monoisotopic (exact) mass is 678 g/mol. The molecule has 5 rings (SSSR count). The number of nitrogens with one attached hydrogen (secondary N) is 3. The van der Waals surface area contributed by atoms with Gasteiger partial charge in [0.2, 0.25) is 5.91 Å². The molecule has 0 unspecified atom stereocenters. The van der Waals surface area contributed by atoms with Crippen LogP contribution in [0, 0.1) is 6.92 Å². The highest BCUT2D eigenvalue weighted by Crippen LogP contribution is 2.44. The molecule has 0 fully saturated rings. The number of fused-ring (bicyclic) bond motifs is 3. The first kappa shape index (κ1) is 36.0. The van der Waals surface area contributed by atoms with Gasteiger partial charge in [0.15, 0.2) is 0 Å². The normalized spacial score (nSPS) is 12.8. The summed E-state index contributed by atoms with van der Waals surface area (Å²) in [5.41, 5.74) is 6.20. The van der Waals surface area contributed by atoms with Gasteiger partial charge < -0.3 is 25.1 Å². The molecule has 50 heavy (non-hydrogen) atoms. The van der Waals surface area contributed by atoms with Crippen molar-refractivity contribution < 1.29 is 23.9 Å². The molecular weight excluding hydrogens is 632 g/mol. The smallest absolute Gasteiger partial charge is 0.407 e. The Labute approximate surface area is 293 Å². The number of benzene rings is 3. The van der Waals surface area contributed by atoms with E-state index >= 15 is 0 Å². The molecule has 1 aromatic heterocycles. The lowest BCUT2D eigenvalue weighted by atomic mass is 9.98. The molecule has 10 heteroatoms. The average Bonchev–Trinajstić information content (AvgIpc) is 3.40. The quantitative estimate of drug-likeness (QED) is 0.111. The number of hydrogen-bond acceptors (Lipinski definition) is 7. The minimum absolute atomic E-state index is 0.00610. The van der Waals surface area contributed by atoms with Crippen molar-refractivity contribution >= 4 is 18.0 Å². The van der Waals surface area contributed by atoms with Crippen molar-refractivity contribution in [2.24, 2.45) is 0 Å². The van der Waals surface area contributed by atoms with Crippen molar-refractivity contribution in [2.45, 2.75) is 83.8 Å². The van der Waals surface area contributed by atoms with Gasteiger partial charge in [-0.15, -0.1) is 0 Å². The summed E-state index contributed by atoms with van der Waals surface area (Å²) >= 11 is 0. The zero-order chi connectivity index (χ0) is 35.7. The first-order chi connectivity index (χ1) is 24.0. The zero-order valence-corrected chi connectivity index (χ0v) is 29.2. The number of alkyl carbamates (subject to hydrolysis) is 1. The van der Waals surface area contributed by atoms with E-state index in [4.69, 9.17) is 9.47 Å². The molecule has 2 amide bonds. The van der Waals surface area contributed by atoms with E-state index in [9.17, 15) is 19.2 Å². The molecule has 0 bridgehead atoms. The van der Waals surface area contributed by atoms with Crippen molar-refractivity contribution in [3.05, 3.63) is 123 Å². The van der Waals surface area contributed by atoms with Gasteiger partial charge in [-0.2, -0.15) is 0 Å². The third kappa shape index (κ3) is 9.68. The fourth-order valence-corrected chi connectivity index (χ4v) is 6.21. The van der Waals surface area contributed by atoms with Crippen LogP contribution in [-0.4, -0.2) is 52.7 Å². The number of hydrogen-bond donors (Lipinski definition) is 3. The second kappa shape index (κ2) is 16.4. The minimum atomic E-state index is -0.863. The summed E-state index contributed by atoms with van der Waals surface area (Å²) in [6.45, 7) is 7.86. The first-order valence-corrected chi connectivity index (χ1v) is 17.2. The van der Waals surface area contributed by atoms with Crippen molar-refractivity contribution in [2.75, 3.05) is 13.2 Å². The van der Waals surface area contributed by atoms with Gasteiger partial charge in [0.05, 0.1) is 5.69 Å². The number of aromatic amines is 1. The fraction of sp³-hybridized carbons (Fsp3) is 0.375. The first-order valence-electron chi connectivity index (χ1n) is 17.2. The molecule has 3 aromatic carbocycles. The number of esters is 1. The summed E-state index contributed by atoms with van der Waals surface area (Å²) in [4.78, 5) is 58.5. The summed E-state index contributed by atoms with van der Waals surface area (Å²) < 4.78 is 11.2. The largest absolute Gasteiger partial charge is 0.458 e. The van der Waals surface area contributed by atoms with E-state index in [0.717, 1.165) is 17.7 Å². The Kier molecular flexibility index (Phi) is 11.8. The van der Waals surface area contributed by atoms with Crippen LogP contribution in [0.4, 0.5) is 4.79 Å². The van der Waals surface area contributed by atoms with Gasteiger partial charge in [-0.25, -0.2) is 9.59 Å². The predicted molar refractivity (Wildman–Crippen MR) is 192 cm³/mol. The second-order valence-electron chi connectivity index (χ2n) is 13.6. The summed E-state index contributed by atoms with van der Waals surface area (Å²) in [5, 5.41) is 5.62. The Bertz CT molecular complexity index is 1820. The fourth-order valence-electron chi connectivity index (χ4n) is 6.21. The molecule has 1 aliphatic rings. The molecule has 10 nitrogen and oxygen atoms in total. The van der Waals surface area contributed by atoms with Crippen LogP contribution in [0.5, 0.6) is 0 Å². The van der Waals surface area contributed by atoms with E-state index in [1.807, 2.05) is 61.5 Å². The molecule has 0 saturated carbocycles. The van der Waals surface area contributed by atoms with Gasteiger partial charge in [-0.3, -0.25) is 14.6 Å². The van der Waals surface area contributed by atoms with Crippen LogP contribution in [0.2, 0.25) is 0 Å². The van der Waals surface area contributed by atoms with Crippen LogP contribution in [0.15, 0.2) is 83.7 Å². The second-order valence-corrected chi connectivity index (χ2v) is 13.6. The van der Waals surface area contributed by atoms with Crippen molar-refractivity contribution in [1.29, 1.82) is 0 Å². The molecule has 1 atom stereocenters. The number of aromatic nitrogens is 2. The minimum Gasteiger partial charge on any atom is -0.458 e. The Morgan fingerprint density at radius 1 is 0.880 bits per heavy atom. The van der Waals surface area contributed by atoms with E-state index in [0.29, 0.717) is 25.1 Å². The van der Waals surface area contributed by atoms with Gasteiger partial charge in [-0.05, 0) is 74.8 Å². The van der Waals surface area contributed by atoms with Crippen LogP contribution < -0.4 is 16.2 Å². The van der Waals surface area contributed by atoms with Gasteiger partial charge in [0, 0.05) is 37.4 Å². The van der Waals surface area contributed by atoms with E-state index < -0.39 is 23.7 Å². The summed E-state index contributed by atoms with van der Waals surface area (Å²) in [5.74, 6) is -0.880. The lowest BCUT2D eigenvalue weighted by molar-refractivity contribution is -0.158. The zero-order valence-electron chi connectivity index (χ0n) is 29.2. The average molecular weight is 679 g/mol. The predicted octanol–water partition coefficient (Wildman–Crippen LogP) is 5.94. The number of rotatable bonds is 14.